The Bertz CT molecular complexity index is 539. The van der Waals surface area contributed by atoms with Crippen molar-refractivity contribution in [1.29, 1.82) is 0 Å². The van der Waals surface area contributed by atoms with Crippen LogP contribution in [-0.2, 0) is 4.79 Å². The average molecular weight is 304 g/mol. The molecule has 1 saturated heterocycles. The zero-order valence-corrected chi connectivity index (χ0v) is 13.1. The van der Waals surface area contributed by atoms with Gasteiger partial charge in [-0.3, -0.25) is 4.79 Å². The molecule has 6 nitrogen and oxygen atoms in total. The van der Waals surface area contributed by atoms with E-state index in [0.29, 0.717) is 0 Å². The van der Waals surface area contributed by atoms with E-state index in [1.165, 1.54) is 12.8 Å². The van der Waals surface area contributed by atoms with Crippen LogP contribution in [0.1, 0.15) is 26.7 Å². The number of nitrogens with two attached hydrogens (primary N) is 1. The normalized spacial score (nSPS) is 15.7. The molecule has 4 N–H and O–H groups in total. The van der Waals surface area contributed by atoms with Crippen LogP contribution in [-0.4, -0.2) is 31.1 Å². The lowest BCUT2D eigenvalue weighted by Crippen LogP contribution is -2.49. The topological polar surface area (TPSA) is 87.5 Å². The molecule has 0 bridgehead atoms. The van der Waals surface area contributed by atoms with Crippen molar-refractivity contribution < 1.29 is 9.59 Å². The van der Waals surface area contributed by atoms with Gasteiger partial charge in [-0.2, -0.15) is 0 Å². The Morgan fingerprint density at radius 3 is 2.41 bits per heavy atom. The second-order valence-electron chi connectivity index (χ2n) is 5.93. The number of hydrogen-bond acceptors (Lipinski definition) is 3. The Labute approximate surface area is 131 Å². The summed E-state index contributed by atoms with van der Waals surface area (Å²) >= 11 is 0. The van der Waals surface area contributed by atoms with Gasteiger partial charge in [0, 0.05) is 13.1 Å². The molecule has 2 rings (SSSR count). The van der Waals surface area contributed by atoms with E-state index in [-0.39, 0.29) is 11.8 Å². The van der Waals surface area contributed by atoms with E-state index in [1.807, 2.05) is 38.1 Å². The molecule has 1 aliphatic rings. The van der Waals surface area contributed by atoms with Gasteiger partial charge in [0.1, 0.15) is 6.04 Å². The number of benzene rings is 1. The Morgan fingerprint density at radius 1 is 1.18 bits per heavy atom. The zero-order chi connectivity index (χ0) is 16.1. The summed E-state index contributed by atoms with van der Waals surface area (Å²) in [4.78, 5) is 25.8. The van der Waals surface area contributed by atoms with Crippen LogP contribution in [0.4, 0.5) is 16.2 Å². The van der Waals surface area contributed by atoms with Crippen LogP contribution in [0.15, 0.2) is 24.3 Å². The monoisotopic (exact) mass is 304 g/mol. The van der Waals surface area contributed by atoms with E-state index < -0.39 is 12.1 Å². The molecule has 1 atom stereocenters. The first-order valence-electron chi connectivity index (χ1n) is 7.70. The molecule has 22 heavy (non-hydrogen) atoms. The van der Waals surface area contributed by atoms with E-state index >= 15 is 0 Å². The third kappa shape index (κ3) is 3.90. The van der Waals surface area contributed by atoms with E-state index in [2.05, 4.69) is 15.5 Å². The van der Waals surface area contributed by atoms with Crippen LogP contribution in [0.25, 0.3) is 0 Å². The molecular weight excluding hydrogens is 280 g/mol. The second-order valence-corrected chi connectivity index (χ2v) is 5.93. The molecule has 0 aliphatic carbocycles. The lowest BCUT2D eigenvalue weighted by atomic mass is 10.0. The highest BCUT2D eigenvalue weighted by Crippen LogP contribution is 2.28. The quantitative estimate of drug-likeness (QED) is 0.776. The van der Waals surface area contributed by atoms with E-state index in [1.54, 1.807) is 0 Å². The minimum absolute atomic E-state index is 0.0496. The molecule has 1 heterocycles. The first kappa shape index (κ1) is 16.1. The number of amides is 3. The van der Waals surface area contributed by atoms with Gasteiger partial charge < -0.3 is 21.3 Å². The Morgan fingerprint density at radius 2 is 1.82 bits per heavy atom. The van der Waals surface area contributed by atoms with Gasteiger partial charge in [-0.15, -0.1) is 0 Å². The van der Waals surface area contributed by atoms with Gasteiger partial charge in [0.2, 0.25) is 5.91 Å². The number of carbonyl (C=O) groups is 2. The van der Waals surface area contributed by atoms with Gasteiger partial charge in [-0.1, -0.05) is 26.0 Å². The van der Waals surface area contributed by atoms with E-state index in [9.17, 15) is 9.59 Å². The molecule has 1 aliphatic heterocycles. The summed E-state index contributed by atoms with van der Waals surface area (Å²) in [5.41, 5.74) is 6.95. The lowest BCUT2D eigenvalue weighted by Gasteiger charge is -2.24. The van der Waals surface area contributed by atoms with Gasteiger partial charge in [0.15, 0.2) is 0 Å². The second kappa shape index (κ2) is 7.15. The minimum atomic E-state index is -0.693. The summed E-state index contributed by atoms with van der Waals surface area (Å²) in [6.45, 7) is 5.74. The Kier molecular flexibility index (Phi) is 5.25. The predicted octanol–water partition coefficient (Wildman–Crippen LogP) is 1.92. The molecule has 3 amide bonds. The fourth-order valence-corrected chi connectivity index (χ4v) is 2.71. The van der Waals surface area contributed by atoms with Gasteiger partial charge in [-0.25, -0.2) is 4.79 Å². The first-order valence-corrected chi connectivity index (χ1v) is 7.70. The highest BCUT2D eigenvalue weighted by Gasteiger charge is 2.25. The lowest BCUT2D eigenvalue weighted by molar-refractivity contribution is -0.118. The fourth-order valence-electron chi connectivity index (χ4n) is 2.71. The van der Waals surface area contributed by atoms with Gasteiger partial charge in [0.25, 0.3) is 0 Å². The summed E-state index contributed by atoms with van der Waals surface area (Å²) in [6.07, 6.45) is 2.33. The summed E-state index contributed by atoms with van der Waals surface area (Å²) in [7, 11) is 0. The number of nitrogens with zero attached hydrogens (tertiary/aromatic N) is 1. The number of para-hydroxylation sites is 2. The maximum atomic E-state index is 12.5. The number of carbonyl (C=O) groups excluding carboxylic acids is 2. The zero-order valence-electron chi connectivity index (χ0n) is 13.1. The summed E-state index contributed by atoms with van der Waals surface area (Å²) < 4.78 is 0. The van der Waals surface area contributed by atoms with Crippen molar-refractivity contribution in [2.75, 3.05) is 23.3 Å². The van der Waals surface area contributed by atoms with Crippen LogP contribution in [0.5, 0.6) is 0 Å². The molecule has 1 fully saturated rings. The molecule has 0 aromatic heterocycles. The van der Waals surface area contributed by atoms with Crippen molar-refractivity contribution in [2.24, 2.45) is 11.7 Å². The van der Waals surface area contributed by atoms with Crippen LogP contribution in [0.2, 0.25) is 0 Å². The van der Waals surface area contributed by atoms with Crippen LogP contribution >= 0.6 is 0 Å². The van der Waals surface area contributed by atoms with Crippen molar-refractivity contribution in [3.05, 3.63) is 24.3 Å². The smallest absolute Gasteiger partial charge is 0.312 e. The summed E-state index contributed by atoms with van der Waals surface area (Å²) in [5.74, 6) is -0.299. The third-order valence-electron chi connectivity index (χ3n) is 3.86. The predicted molar refractivity (Wildman–Crippen MR) is 87.9 cm³/mol. The number of anilines is 2. The van der Waals surface area contributed by atoms with Crippen LogP contribution < -0.4 is 21.3 Å². The highest BCUT2D eigenvalue weighted by molar-refractivity contribution is 5.99. The molecule has 1 aromatic carbocycles. The van der Waals surface area contributed by atoms with Crippen molar-refractivity contribution in [3.8, 4) is 0 Å². The first-order chi connectivity index (χ1) is 10.5. The van der Waals surface area contributed by atoms with Gasteiger partial charge in [0.05, 0.1) is 11.4 Å². The largest absolute Gasteiger partial charge is 0.370 e. The molecule has 0 radical (unpaired) electrons. The summed E-state index contributed by atoms with van der Waals surface area (Å²) in [5, 5.41) is 5.42. The molecular formula is C16H24N4O2. The fraction of sp³-hybridized carbons (Fsp3) is 0.500. The third-order valence-corrected chi connectivity index (χ3v) is 3.86. The van der Waals surface area contributed by atoms with E-state index in [0.717, 1.165) is 24.5 Å². The maximum Gasteiger partial charge on any atom is 0.312 e. The van der Waals surface area contributed by atoms with Crippen LogP contribution in [0, 0.1) is 5.92 Å². The molecule has 120 valence electrons. The Hall–Kier alpha value is -2.24. The number of primary amides is 1. The van der Waals surface area contributed by atoms with Gasteiger partial charge in [-0.05, 0) is 30.9 Å². The van der Waals surface area contributed by atoms with Crippen LogP contribution in [0.3, 0.4) is 0 Å². The van der Waals surface area contributed by atoms with E-state index in [4.69, 9.17) is 5.73 Å². The minimum Gasteiger partial charge on any atom is -0.370 e. The molecule has 0 spiro atoms. The number of urea groups is 1. The molecule has 0 saturated carbocycles. The van der Waals surface area contributed by atoms with Crippen molar-refractivity contribution in [3.63, 3.8) is 0 Å². The number of nitrogens with one attached hydrogen (secondary N) is 2. The molecule has 1 unspecified atom stereocenters. The van der Waals surface area contributed by atoms with Crippen molar-refractivity contribution >= 4 is 23.3 Å². The highest BCUT2D eigenvalue weighted by atomic mass is 16.2. The van der Waals surface area contributed by atoms with Crippen molar-refractivity contribution in [1.82, 2.24) is 5.32 Å². The van der Waals surface area contributed by atoms with Gasteiger partial charge >= 0.3 is 6.03 Å². The maximum absolute atomic E-state index is 12.5. The molecule has 1 aromatic rings. The average Bonchev–Trinajstić information content (AvgIpc) is 2.98. The van der Waals surface area contributed by atoms with Crippen molar-refractivity contribution in [2.45, 2.75) is 32.7 Å². The SMILES string of the molecule is CC(C)C(NC(N)=O)C(=O)Nc1ccccc1N1CCCC1. The number of hydrogen-bond donors (Lipinski definition) is 3. The standard InChI is InChI=1S/C16H24N4O2/c1-11(2)14(19-16(17)22)15(21)18-12-7-3-4-8-13(12)20-9-5-6-10-20/h3-4,7-8,11,14H,5-6,9-10H2,1-2H3,(H,18,21)(H3,17,19,22). The summed E-state index contributed by atoms with van der Waals surface area (Å²) in [6, 6.07) is 6.40. The number of rotatable bonds is 5. The Balaban J connectivity index is 2.15. The molecule has 6 heteroatoms.